The Hall–Kier alpha value is -5.37. The number of carbonyl (C=O) groups is 3. The second-order valence-electron chi connectivity index (χ2n) is 11.7. The SMILES string of the molecule is Cc1c[n+]2cc(CNC(=O)[C@H](Cc3ccc(O)cc3)NC(=O)Nc3ccc(C(=O)OC(C)C)cc3)n(Cc3ccc(C(F)(F)F)cc3)c2s1. The minimum absolute atomic E-state index is 0.0534. The first-order valence-corrected chi connectivity index (χ1v) is 16.2. The van der Waals surface area contributed by atoms with Crippen LogP contribution >= 0.6 is 11.3 Å². The predicted molar refractivity (Wildman–Crippen MR) is 177 cm³/mol. The molecule has 0 spiro atoms. The van der Waals surface area contributed by atoms with E-state index in [1.807, 2.05) is 28.3 Å². The molecule has 49 heavy (non-hydrogen) atoms. The van der Waals surface area contributed by atoms with Crippen molar-refractivity contribution in [3.63, 3.8) is 0 Å². The molecule has 0 aliphatic carbocycles. The van der Waals surface area contributed by atoms with Gasteiger partial charge in [-0.15, -0.1) is 0 Å². The molecule has 0 saturated carbocycles. The first-order valence-electron chi connectivity index (χ1n) is 15.4. The fourth-order valence-electron chi connectivity index (χ4n) is 5.08. The molecule has 256 valence electrons. The minimum Gasteiger partial charge on any atom is -0.508 e. The van der Waals surface area contributed by atoms with Gasteiger partial charge >= 0.3 is 23.1 Å². The van der Waals surface area contributed by atoms with E-state index in [-0.39, 0.29) is 31.4 Å². The van der Waals surface area contributed by atoms with E-state index in [1.165, 1.54) is 47.7 Å². The first-order chi connectivity index (χ1) is 23.2. The van der Waals surface area contributed by atoms with Crippen LogP contribution in [0, 0.1) is 6.92 Å². The predicted octanol–water partition coefficient (Wildman–Crippen LogP) is 5.98. The van der Waals surface area contributed by atoms with Crippen LogP contribution in [0.3, 0.4) is 0 Å². The van der Waals surface area contributed by atoms with Crippen LogP contribution < -0.4 is 20.4 Å². The van der Waals surface area contributed by atoms with Gasteiger partial charge in [-0.3, -0.25) is 4.79 Å². The van der Waals surface area contributed by atoms with Gasteiger partial charge in [0.05, 0.1) is 23.8 Å². The largest absolute Gasteiger partial charge is 0.508 e. The van der Waals surface area contributed by atoms with Crippen molar-refractivity contribution < 1.29 is 41.8 Å². The second-order valence-corrected chi connectivity index (χ2v) is 12.9. The normalized spacial score (nSPS) is 12.1. The third-order valence-corrected chi connectivity index (χ3v) is 8.49. The average molecular weight is 695 g/mol. The summed E-state index contributed by atoms with van der Waals surface area (Å²) in [6, 6.07) is 15.7. The van der Waals surface area contributed by atoms with E-state index in [0.29, 0.717) is 28.1 Å². The summed E-state index contributed by atoms with van der Waals surface area (Å²) in [6.07, 6.45) is -0.845. The molecule has 4 N–H and O–H groups in total. The number of ether oxygens (including phenoxy) is 1. The molecule has 2 heterocycles. The molecule has 14 heteroatoms. The van der Waals surface area contributed by atoms with Gasteiger partial charge in [0.25, 0.3) is 0 Å². The molecule has 5 rings (SSSR count). The number of hydrogen-bond acceptors (Lipinski definition) is 6. The van der Waals surface area contributed by atoms with E-state index in [1.54, 1.807) is 38.1 Å². The van der Waals surface area contributed by atoms with Crippen LogP contribution in [0.1, 0.15) is 51.5 Å². The number of carbonyl (C=O) groups excluding carboxylic acids is 3. The van der Waals surface area contributed by atoms with Crippen molar-refractivity contribution in [1.29, 1.82) is 0 Å². The number of phenols is 1. The molecule has 0 unspecified atom stereocenters. The molecule has 0 fully saturated rings. The summed E-state index contributed by atoms with van der Waals surface area (Å²) in [7, 11) is 0. The van der Waals surface area contributed by atoms with Crippen molar-refractivity contribution in [3.05, 3.63) is 118 Å². The number of aromatic hydroxyl groups is 1. The van der Waals surface area contributed by atoms with Crippen molar-refractivity contribution in [2.45, 2.75) is 58.6 Å². The van der Waals surface area contributed by atoms with Gasteiger partial charge in [-0.25, -0.2) is 14.2 Å². The number of fused-ring (bicyclic) bond motifs is 1. The number of phenolic OH excluding ortho intramolecular Hbond substituents is 1. The van der Waals surface area contributed by atoms with Gasteiger partial charge in [-0.05, 0) is 80.4 Å². The lowest BCUT2D eigenvalue weighted by Crippen LogP contribution is -2.49. The van der Waals surface area contributed by atoms with Crippen LogP contribution in [0.5, 0.6) is 5.75 Å². The summed E-state index contributed by atoms with van der Waals surface area (Å²) in [4.78, 5) is 40.7. The summed E-state index contributed by atoms with van der Waals surface area (Å²) in [5.41, 5.74) is 2.00. The Morgan fingerprint density at radius 3 is 2.22 bits per heavy atom. The standard InChI is InChI=1S/C35H34F3N5O5S/c1-21(2)48-32(46)25-8-12-27(13-9-25)40-33(47)41-30(16-23-6-14-29(44)15-7-23)31(45)39-17-28-20-42-18-22(3)49-34(42)43(28)19-24-4-10-26(11-5-24)35(36,37)38/h4-15,18,20-21,30H,16-17,19H2,1-3H3,(H3-,39,40,41,44,45,46,47)/p+1/t30-/m0/s1. The summed E-state index contributed by atoms with van der Waals surface area (Å²) >= 11 is 1.51. The van der Waals surface area contributed by atoms with Crippen molar-refractivity contribution >= 4 is 39.9 Å². The number of alkyl halides is 3. The van der Waals surface area contributed by atoms with Gasteiger partial charge in [0.15, 0.2) is 5.69 Å². The average Bonchev–Trinajstić information content (AvgIpc) is 3.56. The number of hydrogen-bond donors (Lipinski definition) is 4. The smallest absolute Gasteiger partial charge is 0.416 e. The van der Waals surface area contributed by atoms with E-state index in [2.05, 4.69) is 16.0 Å². The Balaban J connectivity index is 1.31. The van der Waals surface area contributed by atoms with Gasteiger partial charge in [0.1, 0.15) is 30.7 Å². The number of aromatic nitrogens is 2. The number of esters is 1. The van der Waals surface area contributed by atoms with Crippen LogP contribution in [-0.2, 0) is 35.2 Å². The Kier molecular flexibility index (Phi) is 10.6. The molecular formula is C35H35F3N5O5S+. The number of rotatable bonds is 11. The Morgan fingerprint density at radius 2 is 1.59 bits per heavy atom. The number of anilines is 1. The lowest BCUT2D eigenvalue weighted by molar-refractivity contribution is -0.506. The molecular weight excluding hydrogens is 659 g/mol. The molecule has 0 saturated heterocycles. The van der Waals surface area contributed by atoms with Crippen LogP contribution in [0.2, 0.25) is 0 Å². The number of urea groups is 1. The first kappa shape index (κ1) is 35.0. The number of aryl methyl sites for hydroxylation is 1. The highest BCUT2D eigenvalue weighted by atomic mass is 32.1. The minimum atomic E-state index is -4.44. The van der Waals surface area contributed by atoms with Gasteiger partial charge < -0.3 is 25.8 Å². The van der Waals surface area contributed by atoms with Crippen LogP contribution in [0.15, 0.2) is 85.2 Å². The van der Waals surface area contributed by atoms with Crippen LogP contribution in [0.4, 0.5) is 23.7 Å². The summed E-state index contributed by atoms with van der Waals surface area (Å²) in [5.74, 6) is -0.921. The van der Waals surface area contributed by atoms with Gasteiger partial charge in [0.2, 0.25) is 5.91 Å². The van der Waals surface area contributed by atoms with E-state index < -0.39 is 35.7 Å². The van der Waals surface area contributed by atoms with Gasteiger partial charge in [-0.2, -0.15) is 17.6 Å². The fraction of sp³-hybridized carbons (Fsp3) is 0.257. The fourth-order valence-corrected chi connectivity index (χ4v) is 6.04. The number of nitrogens with zero attached hydrogens (tertiary/aromatic N) is 2. The zero-order valence-corrected chi connectivity index (χ0v) is 27.7. The van der Waals surface area contributed by atoms with Crippen molar-refractivity contribution in [3.8, 4) is 5.75 Å². The van der Waals surface area contributed by atoms with Crippen molar-refractivity contribution in [2.75, 3.05) is 5.32 Å². The molecule has 0 aliphatic rings. The summed E-state index contributed by atoms with van der Waals surface area (Å²) in [5, 5.41) is 18.0. The third kappa shape index (κ3) is 9.16. The molecule has 2 aromatic heterocycles. The number of thiazole rings is 1. The van der Waals surface area contributed by atoms with E-state index in [4.69, 9.17) is 4.74 Å². The van der Waals surface area contributed by atoms with Crippen molar-refractivity contribution in [1.82, 2.24) is 15.2 Å². The van der Waals surface area contributed by atoms with Gasteiger partial charge in [-0.1, -0.05) is 35.6 Å². The monoisotopic (exact) mass is 694 g/mol. The zero-order valence-electron chi connectivity index (χ0n) is 26.9. The lowest BCUT2D eigenvalue weighted by Gasteiger charge is -2.19. The van der Waals surface area contributed by atoms with E-state index >= 15 is 0 Å². The van der Waals surface area contributed by atoms with Gasteiger partial charge in [0, 0.05) is 17.0 Å². The molecule has 0 aliphatic heterocycles. The highest BCUT2D eigenvalue weighted by Gasteiger charge is 2.30. The highest BCUT2D eigenvalue weighted by molar-refractivity contribution is 7.16. The van der Waals surface area contributed by atoms with E-state index in [0.717, 1.165) is 22.0 Å². The molecule has 10 nitrogen and oxygen atoms in total. The number of nitrogens with one attached hydrogen (secondary N) is 3. The molecule has 3 aromatic carbocycles. The Bertz CT molecular complexity index is 1940. The Labute approximate surface area is 284 Å². The zero-order chi connectivity index (χ0) is 35.3. The lowest BCUT2D eigenvalue weighted by atomic mass is 10.0. The molecule has 1 atom stereocenters. The summed E-state index contributed by atoms with van der Waals surface area (Å²) < 4.78 is 48.4. The van der Waals surface area contributed by atoms with Crippen LogP contribution in [-0.4, -0.2) is 39.7 Å². The maximum Gasteiger partial charge on any atom is 0.416 e. The highest BCUT2D eigenvalue weighted by Crippen LogP contribution is 2.29. The molecule has 0 radical (unpaired) electrons. The maximum atomic E-state index is 13.6. The van der Waals surface area contributed by atoms with Crippen LogP contribution in [0.25, 0.3) is 4.96 Å². The number of amides is 3. The third-order valence-electron chi connectivity index (χ3n) is 7.44. The Morgan fingerprint density at radius 1 is 0.939 bits per heavy atom. The van der Waals surface area contributed by atoms with Crippen molar-refractivity contribution in [2.24, 2.45) is 0 Å². The number of halogens is 3. The van der Waals surface area contributed by atoms with E-state index in [9.17, 15) is 32.7 Å². The molecule has 3 amide bonds. The summed E-state index contributed by atoms with van der Waals surface area (Å²) in [6.45, 7) is 5.77. The topological polar surface area (TPSA) is 126 Å². The maximum absolute atomic E-state index is 13.6. The molecule has 0 bridgehead atoms. The number of benzene rings is 3. The molecule has 5 aromatic rings. The quantitative estimate of drug-likeness (QED) is 0.100. The number of imidazole rings is 1. The second kappa shape index (κ2) is 14.8.